The molecule has 0 aliphatic heterocycles. The SMILES string of the molecule is CC(C)(C)[Si](OCC#CCNCc1ccccc1)(c1ccccc1)c1ccccc1. The lowest BCUT2D eigenvalue weighted by Crippen LogP contribution is -2.66. The van der Waals surface area contributed by atoms with Crippen molar-refractivity contribution in [3.8, 4) is 11.8 Å². The van der Waals surface area contributed by atoms with Gasteiger partial charge in [0.15, 0.2) is 0 Å². The zero-order chi connectivity index (χ0) is 21.3. The van der Waals surface area contributed by atoms with E-state index in [9.17, 15) is 0 Å². The predicted octanol–water partition coefficient (Wildman–Crippen LogP) is 4.36. The molecule has 0 aromatic heterocycles. The molecule has 0 aliphatic carbocycles. The first-order chi connectivity index (χ1) is 14.5. The number of hydrogen-bond acceptors (Lipinski definition) is 2. The first-order valence-electron chi connectivity index (χ1n) is 10.5. The third kappa shape index (κ3) is 5.28. The van der Waals surface area contributed by atoms with E-state index in [1.54, 1.807) is 0 Å². The van der Waals surface area contributed by atoms with E-state index < -0.39 is 8.32 Å². The van der Waals surface area contributed by atoms with Crippen LogP contribution in [0.2, 0.25) is 5.04 Å². The Balaban J connectivity index is 1.74. The summed E-state index contributed by atoms with van der Waals surface area (Å²) in [5.74, 6) is 6.46. The lowest BCUT2D eigenvalue weighted by Gasteiger charge is -2.42. The maximum atomic E-state index is 6.77. The van der Waals surface area contributed by atoms with Crippen molar-refractivity contribution in [1.29, 1.82) is 0 Å². The molecule has 0 atom stereocenters. The van der Waals surface area contributed by atoms with Crippen molar-refractivity contribution >= 4 is 18.7 Å². The summed E-state index contributed by atoms with van der Waals surface area (Å²) >= 11 is 0. The van der Waals surface area contributed by atoms with Crippen LogP contribution in [0, 0.1) is 11.8 Å². The standard InChI is InChI=1S/C27H31NOSi/c1-27(2,3)30(25-17-9-5-10-18-25,26-19-11-6-12-20-26)29-22-14-13-21-28-23-24-15-7-4-8-16-24/h4-12,15-20,28H,21-23H2,1-3H3. The Morgan fingerprint density at radius 3 is 1.73 bits per heavy atom. The van der Waals surface area contributed by atoms with Gasteiger partial charge in [0, 0.05) is 6.54 Å². The van der Waals surface area contributed by atoms with Gasteiger partial charge in [0.2, 0.25) is 0 Å². The van der Waals surface area contributed by atoms with E-state index in [2.05, 4.69) is 123 Å². The minimum atomic E-state index is -2.49. The topological polar surface area (TPSA) is 21.3 Å². The lowest BCUT2D eigenvalue weighted by molar-refractivity contribution is 0.346. The molecule has 2 nitrogen and oxygen atoms in total. The monoisotopic (exact) mass is 413 g/mol. The Labute approximate surface area is 182 Å². The van der Waals surface area contributed by atoms with Crippen molar-refractivity contribution in [1.82, 2.24) is 5.32 Å². The molecule has 3 rings (SSSR count). The number of nitrogens with one attached hydrogen (secondary N) is 1. The van der Waals surface area contributed by atoms with Crippen LogP contribution >= 0.6 is 0 Å². The summed E-state index contributed by atoms with van der Waals surface area (Å²) in [5, 5.41) is 5.92. The third-order valence-corrected chi connectivity index (χ3v) is 10.3. The maximum Gasteiger partial charge on any atom is 0.262 e. The van der Waals surface area contributed by atoms with Crippen LogP contribution in [0.3, 0.4) is 0 Å². The van der Waals surface area contributed by atoms with E-state index in [-0.39, 0.29) is 5.04 Å². The second kappa shape index (κ2) is 10.4. The van der Waals surface area contributed by atoms with Crippen LogP contribution in [0.5, 0.6) is 0 Å². The van der Waals surface area contributed by atoms with Gasteiger partial charge in [0.05, 0.1) is 13.2 Å². The van der Waals surface area contributed by atoms with Gasteiger partial charge in [-0.15, -0.1) is 0 Å². The smallest absolute Gasteiger partial charge is 0.262 e. The molecule has 0 heterocycles. The van der Waals surface area contributed by atoms with Crippen molar-refractivity contribution < 1.29 is 4.43 Å². The largest absolute Gasteiger partial charge is 0.396 e. The first kappa shape index (κ1) is 22.1. The zero-order valence-corrected chi connectivity index (χ0v) is 19.2. The first-order valence-corrected chi connectivity index (χ1v) is 12.4. The van der Waals surface area contributed by atoms with E-state index in [4.69, 9.17) is 4.43 Å². The highest BCUT2D eigenvalue weighted by Gasteiger charge is 2.49. The van der Waals surface area contributed by atoms with Crippen LogP contribution in [-0.2, 0) is 11.0 Å². The van der Waals surface area contributed by atoms with Crippen molar-refractivity contribution in [2.24, 2.45) is 0 Å². The second-order valence-electron chi connectivity index (χ2n) is 8.39. The normalized spacial score (nSPS) is 11.6. The van der Waals surface area contributed by atoms with Gasteiger partial charge in [-0.3, -0.25) is 0 Å². The van der Waals surface area contributed by atoms with Crippen LogP contribution in [-0.4, -0.2) is 21.5 Å². The summed E-state index contributed by atoms with van der Waals surface area (Å²) in [7, 11) is -2.49. The molecule has 0 radical (unpaired) electrons. The van der Waals surface area contributed by atoms with Crippen LogP contribution in [0.1, 0.15) is 26.3 Å². The van der Waals surface area contributed by atoms with Gasteiger partial charge in [0.25, 0.3) is 8.32 Å². The molecule has 154 valence electrons. The summed E-state index contributed by atoms with van der Waals surface area (Å²) in [6.07, 6.45) is 0. The summed E-state index contributed by atoms with van der Waals surface area (Å²) < 4.78 is 6.77. The molecular weight excluding hydrogens is 382 g/mol. The van der Waals surface area contributed by atoms with Crippen molar-refractivity contribution in [3.05, 3.63) is 96.6 Å². The van der Waals surface area contributed by atoms with E-state index in [0.717, 1.165) is 6.54 Å². The molecule has 3 aromatic rings. The predicted molar refractivity (Wildman–Crippen MR) is 129 cm³/mol. The number of benzene rings is 3. The maximum absolute atomic E-state index is 6.77. The molecule has 1 N–H and O–H groups in total. The number of hydrogen-bond donors (Lipinski definition) is 1. The van der Waals surface area contributed by atoms with E-state index >= 15 is 0 Å². The van der Waals surface area contributed by atoms with Gasteiger partial charge in [-0.25, -0.2) is 0 Å². The molecule has 30 heavy (non-hydrogen) atoms. The molecule has 0 unspecified atom stereocenters. The third-order valence-electron chi connectivity index (χ3n) is 5.29. The van der Waals surface area contributed by atoms with Gasteiger partial charge in [-0.1, -0.05) is 124 Å². The minimum Gasteiger partial charge on any atom is -0.396 e. The molecule has 0 aliphatic rings. The Kier molecular flexibility index (Phi) is 7.65. The van der Waals surface area contributed by atoms with Crippen LogP contribution in [0.15, 0.2) is 91.0 Å². The van der Waals surface area contributed by atoms with Gasteiger partial charge in [0.1, 0.15) is 0 Å². The fourth-order valence-electron chi connectivity index (χ4n) is 3.88. The highest BCUT2D eigenvalue weighted by Crippen LogP contribution is 2.36. The van der Waals surface area contributed by atoms with Crippen LogP contribution < -0.4 is 15.7 Å². The molecule has 0 spiro atoms. The Morgan fingerprint density at radius 2 is 1.23 bits per heavy atom. The molecule has 3 heteroatoms. The quantitative estimate of drug-likeness (QED) is 0.353. The molecule has 0 bridgehead atoms. The van der Waals surface area contributed by atoms with E-state index in [1.807, 2.05) is 6.07 Å². The molecule has 0 amide bonds. The second-order valence-corrected chi connectivity index (χ2v) is 12.7. The molecule has 3 aromatic carbocycles. The summed E-state index contributed by atoms with van der Waals surface area (Å²) in [6.45, 7) is 8.76. The minimum absolute atomic E-state index is 0.0249. The van der Waals surface area contributed by atoms with Gasteiger partial charge in [-0.05, 0) is 21.0 Å². The molecule has 0 saturated heterocycles. The Hall–Kier alpha value is -2.64. The highest BCUT2D eigenvalue weighted by molar-refractivity contribution is 6.99. The van der Waals surface area contributed by atoms with Crippen LogP contribution in [0.4, 0.5) is 0 Å². The fraction of sp³-hybridized carbons (Fsp3) is 0.259. The van der Waals surface area contributed by atoms with Crippen LogP contribution in [0.25, 0.3) is 0 Å². The van der Waals surface area contributed by atoms with Gasteiger partial charge < -0.3 is 9.74 Å². The van der Waals surface area contributed by atoms with Crippen molar-refractivity contribution in [2.45, 2.75) is 32.4 Å². The van der Waals surface area contributed by atoms with E-state index in [0.29, 0.717) is 13.2 Å². The Morgan fingerprint density at radius 1 is 0.733 bits per heavy atom. The summed E-state index contributed by atoms with van der Waals surface area (Å²) in [4.78, 5) is 0. The van der Waals surface area contributed by atoms with Gasteiger partial charge >= 0.3 is 0 Å². The summed E-state index contributed by atoms with van der Waals surface area (Å²) in [5.41, 5.74) is 1.27. The average molecular weight is 414 g/mol. The fourth-order valence-corrected chi connectivity index (χ4v) is 8.33. The molecular formula is C27H31NOSi. The zero-order valence-electron chi connectivity index (χ0n) is 18.2. The summed E-state index contributed by atoms with van der Waals surface area (Å²) in [6, 6.07) is 31.8. The van der Waals surface area contributed by atoms with Crippen molar-refractivity contribution in [2.75, 3.05) is 13.2 Å². The van der Waals surface area contributed by atoms with Crippen molar-refractivity contribution in [3.63, 3.8) is 0 Å². The number of rotatable bonds is 7. The van der Waals surface area contributed by atoms with E-state index in [1.165, 1.54) is 15.9 Å². The molecule has 0 fully saturated rings. The highest BCUT2D eigenvalue weighted by atomic mass is 28.4. The lowest BCUT2D eigenvalue weighted by atomic mass is 10.2. The molecule has 0 saturated carbocycles. The average Bonchev–Trinajstić information content (AvgIpc) is 2.77. The van der Waals surface area contributed by atoms with Gasteiger partial charge in [-0.2, -0.15) is 0 Å². The Bertz CT molecular complexity index is 914.